The fraction of sp³-hybridized carbons (Fsp3) is 0.0667. The van der Waals surface area contributed by atoms with Crippen LogP contribution in [0.4, 0.5) is 0 Å². The minimum absolute atomic E-state index is 0.0915. The molecule has 0 saturated carbocycles. The lowest BCUT2D eigenvalue weighted by molar-refractivity contribution is -0.298. The van der Waals surface area contributed by atoms with Gasteiger partial charge in [-0.15, -0.1) is 0 Å². The van der Waals surface area contributed by atoms with Crippen molar-refractivity contribution in [3.8, 4) is 0 Å². The molecule has 80 valence electrons. The van der Waals surface area contributed by atoms with Crippen LogP contribution in [0.1, 0.15) is 12.5 Å². The second-order valence-corrected chi connectivity index (χ2v) is 3.74. The van der Waals surface area contributed by atoms with Crippen LogP contribution in [0.15, 0.2) is 71.5 Å². The first kappa shape index (κ1) is 10.5. The van der Waals surface area contributed by atoms with Crippen molar-refractivity contribution in [2.24, 2.45) is 0 Å². The molecule has 0 spiro atoms. The van der Waals surface area contributed by atoms with Gasteiger partial charge in [-0.25, -0.2) is 0 Å². The van der Waals surface area contributed by atoms with E-state index in [1.165, 1.54) is 0 Å². The molecule has 0 aromatic heterocycles. The summed E-state index contributed by atoms with van der Waals surface area (Å²) < 4.78 is 0. The zero-order valence-electron chi connectivity index (χ0n) is 9.18. The van der Waals surface area contributed by atoms with Crippen molar-refractivity contribution in [3.63, 3.8) is 0 Å². The standard InChI is InChI=1S/C15H14O/c1-12(11-13-7-3-2-4-8-13)15(16)14-9-5-6-10-14/h2-11,16H,1H3/p-1. The molecule has 2 rings (SSSR count). The first-order valence-electron chi connectivity index (χ1n) is 5.27. The van der Waals surface area contributed by atoms with Gasteiger partial charge in [0.25, 0.3) is 0 Å². The molecule has 1 aromatic rings. The Labute approximate surface area is 95.7 Å². The number of hydrogen-bond acceptors (Lipinski definition) is 1. The first-order chi connectivity index (χ1) is 7.77. The maximum atomic E-state index is 11.9. The van der Waals surface area contributed by atoms with Crippen LogP contribution in [0.2, 0.25) is 0 Å². The zero-order chi connectivity index (χ0) is 11.4. The molecule has 0 unspecified atom stereocenters. The van der Waals surface area contributed by atoms with Crippen molar-refractivity contribution in [3.05, 3.63) is 77.1 Å². The highest BCUT2D eigenvalue weighted by molar-refractivity contribution is 5.59. The van der Waals surface area contributed by atoms with Gasteiger partial charge < -0.3 is 5.11 Å². The Morgan fingerprint density at radius 2 is 1.69 bits per heavy atom. The van der Waals surface area contributed by atoms with Crippen LogP contribution in [0.3, 0.4) is 0 Å². The summed E-state index contributed by atoms with van der Waals surface area (Å²) in [5, 5.41) is 11.9. The largest absolute Gasteiger partial charge is 0.872 e. The zero-order valence-corrected chi connectivity index (χ0v) is 9.18. The highest BCUT2D eigenvalue weighted by atomic mass is 16.3. The minimum atomic E-state index is 0.0915. The number of rotatable bonds is 2. The SMILES string of the molecule is CC(=Cc1ccccc1)C([O-])=C1C=CC=C1. The molecule has 1 heteroatoms. The van der Waals surface area contributed by atoms with Gasteiger partial charge in [0.05, 0.1) is 0 Å². The van der Waals surface area contributed by atoms with E-state index in [-0.39, 0.29) is 5.76 Å². The highest BCUT2D eigenvalue weighted by Crippen LogP contribution is 2.17. The normalized spacial score (nSPS) is 14.6. The Hall–Kier alpha value is -2.02. The molecular formula is C15H13O-. The van der Waals surface area contributed by atoms with Crippen molar-refractivity contribution in [2.75, 3.05) is 0 Å². The maximum Gasteiger partial charge on any atom is -0.0254 e. The number of benzene rings is 1. The molecule has 0 saturated heterocycles. The molecule has 0 N–H and O–H groups in total. The molecule has 0 fully saturated rings. The molecule has 1 aromatic carbocycles. The molecule has 0 aliphatic heterocycles. The second kappa shape index (κ2) is 4.67. The van der Waals surface area contributed by atoms with Gasteiger partial charge >= 0.3 is 0 Å². The van der Waals surface area contributed by atoms with E-state index in [1.54, 1.807) is 0 Å². The third-order valence-corrected chi connectivity index (χ3v) is 2.47. The van der Waals surface area contributed by atoms with Crippen molar-refractivity contribution in [1.82, 2.24) is 0 Å². The summed E-state index contributed by atoms with van der Waals surface area (Å²) in [4.78, 5) is 0. The quantitative estimate of drug-likeness (QED) is 0.687. The molecule has 16 heavy (non-hydrogen) atoms. The molecule has 1 aliphatic carbocycles. The second-order valence-electron chi connectivity index (χ2n) is 3.74. The first-order valence-corrected chi connectivity index (χ1v) is 5.27. The van der Waals surface area contributed by atoms with Crippen LogP contribution in [-0.4, -0.2) is 0 Å². The van der Waals surface area contributed by atoms with Gasteiger partial charge in [0.2, 0.25) is 0 Å². The van der Waals surface area contributed by atoms with Gasteiger partial charge in [-0.2, -0.15) is 0 Å². The Balaban J connectivity index is 2.29. The van der Waals surface area contributed by atoms with Crippen molar-refractivity contribution >= 4 is 6.08 Å². The lowest BCUT2D eigenvalue weighted by Crippen LogP contribution is -2.07. The van der Waals surface area contributed by atoms with Crippen LogP contribution in [0.5, 0.6) is 0 Å². The predicted molar refractivity (Wildman–Crippen MR) is 65.4 cm³/mol. The smallest absolute Gasteiger partial charge is 0.0254 e. The fourth-order valence-electron chi connectivity index (χ4n) is 1.62. The summed E-state index contributed by atoms with van der Waals surface area (Å²) in [7, 11) is 0. The third-order valence-electron chi connectivity index (χ3n) is 2.47. The Morgan fingerprint density at radius 3 is 2.31 bits per heavy atom. The number of hydrogen-bond donors (Lipinski definition) is 0. The average molecular weight is 209 g/mol. The van der Waals surface area contributed by atoms with Gasteiger partial charge in [0.1, 0.15) is 0 Å². The molecule has 0 heterocycles. The van der Waals surface area contributed by atoms with Gasteiger partial charge in [-0.1, -0.05) is 72.0 Å². The highest BCUT2D eigenvalue weighted by Gasteiger charge is 1.96. The van der Waals surface area contributed by atoms with Gasteiger partial charge in [0, 0.05) is 0 Å². The van der Waals surface area contributed by atoms with Crippen molar-refractivity contribution < 1.29 is 5.11 Å². The molecule has 0 radical (unpaired) electrons. The lowest BCUT2D eigenvalue weighted by Gasteiger charge is -2.15. The topological polar surface area (TPSA) is 23.1 Å². The summed E-state index contributed by atoms with van der Waals surface area (Å²) in [5.41, 5.74) is 2.57. The van der Waals surface area contributed by atoms with Crippen molar-refractivity contribution in [1.29, 1.82) is 0 Å². The molecule has 0 bridgehead atoms. The van der Waals surface area contributed by atoms with Gasteiger partial charge in [-0.3, -0.25) is 0 Å². The van der Waals surface area contributed by atoms with Crippen LogP contribution in [0, 0.1) is 0 Å². The average Bonchev–Trinajstić information content (AvgIpc) is 2.83. The molecule has 1 aliphatic rings. The van der Waals surface area contributed by atoms with Crippen LogP contribution < -0.4 is 5.11 Å². The summed E-state index contributed by atoms with van der Waals surface area (Å²) in [6.07, 6.45) is 9.34. The molecule has 1 nitrogen and oxygen atoms in total. The minimum Gasteiger partial charge on any atom is -0.872 e. The van der Waals surface area contributed by atoms with E-state index in [0.717, 1.165) is 16.7 Å². The van der Waals surface area contributed by atoms with Crippen LogP contribution in [-0.2, 0) is 0 Å². The monoisotopic (exact) mass is 209 g/mol. The van der Waals surface area contributed by atoms with Gasteiger partial charge in [0.15, 0.2) is 0 Å². The van der Waals surface area contributed by atoms with Gasteiger partial charge in [-0.05, 0) is 18.1 Å². The van der Waals surface area contributed by atoms with E-state index < -0.39 is 0 Å². The van der Waals surface area contributed by atoms with Crippen LogP contribution in [0.25, 0.3) is 6.08 Å². The Kier molecular flexibility index (Phi) is 3.06. The fourth-order valence-corrected chi connectivity index (χ4v) is 1.62. The summed E-state index contributed by atoms with van der Waals surface area (Å²) >= 11 is 0. The summed E-state index contributed by atoms with van der Waals surface area (Å²) in [5.74, 6) is 0.0915. The lowest BCUT2D eigenvalue weighted by atomic mass is 10.1. The van der Waals surface area contributed by atoms with Crippen molar-refractivity contribution in [2.45, 2.75) is 6.92 Å². The summed E-state index contributed by atoms with van der Waals surface area (Å²) in [6.45, 7) is 1.85. The summed E-state index contributed by atoms with van der Waals surface area (Å²) in [6, 6.07) is 9.87. The van der Waals surface area contributed by atoms with E-state index in [1.807, 2.05) is 67.6 Å². The third kappa shape index (κ3) is 2.31. The van der Waals surface area contributed by atoms with E-state index >= 15 is 0 Å². The number of allylic oxidation sites excluding steroid dienone is 6. The molecular weight excluding hydrogens is 196 g/mol. The van der Waals surface area contributed by atoms with E-state index in [2.05, 4.69) is 0 Å². The maximum absolute atomic E-state index is 11.9. The predicted octanol–water partition coefficient (Wildman–Crippen LogP) is 2.83. The Morgan fingerprint density at radius 1 is 1.06 bits per heavy atom. The Bertz CT molecular complexity index is 473. The molecule has 0 atom stereocenters. The van der Waals surface area contributed by atoms with Crippen LogP contribution >= 0.6 is 0 Å². The van der Waals surface area contributed by atoms with E-state index in [9.17, 15) is 5.11 Å². The van der Waals surface area contributed by atoms with E-state index in [4.69, 9.17) is 0 Å². The van der Waals surface area contributed by atoms with E-state index in [0.29, 0.717) is 0 Å². The molecule has 0 amide bonds.